The minimum absolute atomic E-state index is 0.588. The molecule has 0 bridgehead atoms. The van der Waals surface area contributed by atoms with Gasteiger partial charge in [0, 0.05) is 0 Å². The zero-order valence-electron chi connectivity index (χ0n) is 11.9. The van der Waals surface area contributed by atoms with Crippen LogP contribution in [0.3, 0.4) is 0 Å². The van der Waals surface area contributed by atoms with Crippen LogP contribution in [-0.2, 0) is 0 Å². The van der Waals surface area contributed by atoms with Gasteiger partial charge >= 0.3 is 0 Å². The largest absolute Gasteiger partial charge is 0.496 e. The molecule has 1 rings (SSSR count). The third-order valence-corrected chi connectivity index (χ3v) is 4.11. The second kappa shape index (κ2) is 6.46. The number of rotatable bonds is 3. The number of benzene rings is 1. The second-order valence-electron chi connectivity index (χ2n) is 5.12. The average molecular weight is 343 g/mol. The molecular formula is C14H19BrO3Si. The van der Waals surface area contributed by atoms with Gasteiger partial charge in [0.05, 0.1) is 24.3 Å². The molecule has 3 nitrogen and oxygen atoms in total. The summed E-state index contributed by atoms with van der Waals surface area (Å²) in [7, 11) is 1.62. The van der Waals surface area contributed by atoms with Crippen LogP contribution in [-0.4, -0.2) is 27.4 Å². The van der Waals surface area contributed by atoms with E-state index in [1.807, 2.05) is 0 Å². The van der Waals surface area contributed by atoms with Crippen molar-refractivity contribution < 1.29 is 14.6 Å². The third kappa shape index (κ3) is 4.27. The third-order valence-electron chi connectivity index (χ3n) is 2.40. The number of aliphatic hydroxyl groups is 1. The number of hydrogen-bond donors (Lipinski definition) is 1. The molecule has 1 N–H and O–H groups in total. The van der Waals surface area contributed by atoms with Crippen LogP contribution in [0.2, 0.25) is 19.6 Å². The van der Waals surface area contributed by atoms with Gasteiger partial charge < -0.3 is 14.6 Å². The molecule has 0 fully saturated rings. The van der Waals surface area contributed by atoms with Crippen molar-refractivity contribution in [1.29, 1.82) is 0 Å². The van der Waals surface area contributed by atoms with Gasteiger partial charge in [-0.1, -0.05) is 25.6 Å². The van der Waals surface area contributed by atoms with Crippen LogP contribution >= 0.6 is 15.9 Å². The summed E-state index contributed by atoms with van der Waals surface area (Å²) < 4.78 is 11.2. The molecule has 0 aliphatic rings. The van der Waals surface area contributed by atoms with E-state index in [-0.39, 0.29) is 0 Å². The number of halogens is 1. The average Bonchev–Trinajstić information content (AvgIpc) is 2.34. The smallest absolute Gasteiger partial charge is 0.144 e. The Kier molecular flexibility index (Phi) is 5.47. The van der Waals surface area contributed by atoms with Crippen LogP contribution in [0.1, 0.15) is 11.7 Å². The van der Waals surface area contributed by atoms with Gasteiger partial charge in [0.1, 0.15) is 25.7 Å². The Labute approximate surface area is 124 Å². The molecule has 0 radical (unpaired) electrons. The van der Waals surface area contributed by atoms with Gasteiger partial charge in [-0.05, 0) is 28.1 Å². The predicted molar refractivity (Wildman–Crippen MR) is 83.3 cm³/mol. The first kappa shape index (κ1) is 16.1. The summed E-state index contributed by atoms with van der Waals surface area (Å²) in [6.07, 6.45) is -0.897. The summed E-state index contributed by atoms with van der Waals surface area (Å²) in [4.78, 5) is 0. The number of methoxy groups -OCH3 is 2. The Bertz CT molecular complexity index is 512. The van der Waals surface area contributed by atoms with Gasteiger partial charge in [-0.15, -0.1) is 5.54 Å². The van der Waals surface area contributed by atoms with Gasteiger partial charge in [0.15, 0.2) is 0 Å². The first-order chi connectivity index (χ1) is 8.80. The highest BCUT2D eigenvalue weighted by atomic mass is 79.9. The van der Waals surface area contributed by atoms with Crippen LogP contribution in [0.25, 0.3) is 0 Å². The summed E-state index contributed by atoms with van der Waals surface area (Å²) in [5.41, 5.74) is 3.76. The molecule has 0 amide bonds. The van der Waals surface area contributed by atoms with Gasteiger partial charge in [0.25, 0.3) is 0 Å². The molecule has 0 aliphatic heterocycles. The fourth-order valence-electron chi connectivity index (χ4n) is 1.50. The molecule has 1 aromatic carbocycles. The zero-order chi connectivity index (χ0) is 14.6. The molecule has 0 heterocycles. The normalized spacial score (nSPS) is 12.4. The molecule has 19 heavy (non-hydrogen) atoms. The van der Waals surface area contributed by atoms with Crippen LogP contribution in [0.5, 0.6) is 11.5 Å². The molecule has 1 atom stereocenters. The van der Waals surface area contributed by atoms with Crippen LogP contribution in [0.15, 0.2) is 16.6 Å². The second-order valence-corrected chi connectivity index (χ2v) is 10.7. The van der Waals surface area contributed by atoms with Gasteiger partial charge in [-0.3, -0.25) is 0 Å². The van der Waals surface area contributed by atoms with E-state index in [1.165, 1.54) is 0 Å². The van der Waals surface area contributed by atoms with E-state index >= 15 is 0 Å². The standard InChI is InChI=1S/C14H19BrO3Si/c1-17-11-6-7-12(18-2)14(15)13(11)10(16)8-9-19(3,4)5/h6-7,10,16H,1-5H3/t10-/m0/s1. The van der Waals surface area contributed by atoms with E-state index in [9.17, 15) is 5.11 Å². The molecule has 0 saturated heterocycles. The fourth-order valence-corrected chi connectivity index (χ4v) is 2.78. The van der Waals surface area contributed by atoms with Crippen LogP contribution < -0.4 is 9.47 Å². The molecule has 0 aliphatic carbocycles. The van der Waals surface area contributed by atoms with Gasteiger partial charge in [-0.25, -0.2) is 0 Å². The van der Waals surface area contributed by atoms with E-state index in [0.29, 0.717) is 21.5 Å². The van der Waals surface area contributed by atoms with E-state index in [2.05, 4.69) is 47.0 Å². The maximum atomic E-state index is 10.3. The van der Waals surface area contributed by atoms with Gasteiger partial charge in [0.2, 0.25) is 0 Å². The molecule has 0 aromatic heterocycles. The van der Waals surface area contributed by atoms with E-state index < -0.39 is 14.2 Å². The van der Waals surface area contributed by atoms with E-state index in [1.54, 1.807) is 26.4 Å². The van der Waals surface area contributed by atoms with Crippen molar-refractivity contribution in [3.8, 4) is 23.0 Å². The minimum Gasteiger partial charge on any atom is -0.496 e. The first-order valence-corrected chi connectivity index (χ1v) is 10.2. The zero-order valence-corrected chi connectivity index (χ0v) is 14.5. The summed E-state index contributed by atoms with van der Waals surface area (Å²) in [6.45, 7) is 6.39. The molecule has 0 spiro atoms. The van der Waals surface area contributed by atoms with Gasteiger partial charge in [-0.2, -0.15) is 0 Å². The summed E-state index contributed by atoms with van der Waals surface area (Å²) in [5, 5.41) is 10.3. The topological polar surface area (TPSA) is 38.7 Å². The van der Waals surface area contributed by atoms with Crippen molar-refractivity contribution >= 4 is 24.0 Å². The van der Waals surface area contributed by atoms with E-state index in [4.69, 9.17) is 9.47 Å². The highest BCUT2D eigenvalue weighted by molar-refractivity contribution is 9.10. The molecule has 1 aromatic rings. The monoisotopic (exact) mass is 342 g/mol. The summed E-state index contributed by atoms with van der Waals surface area (Å²) in [5.74, 6) is 4.14. The number of aliphatic hydroxyl groups excluding tert-OH is 1. The lowest BCUT2D eigenvalue weighted by Gasteiger charge is -2.15. The number of hydrogen-bond acceptors (Lipinski definition) is 3. The molecule has 0 saturated carbocycles. The summed E-state index contributed by atoms with van der Waals surface area (Å²) >= 11 is 3.43. The van der Waals surface area contributed by atoms with Crippen molar-refractivity contribution in [3.05, 3.63) is 22.2 Å². The minimum atomic E-state index is -1.53. The molecule has 0 unspecified atom stereocenters. The molecule has 104 valence electrons. The quantitative estimate of drug-likeness (QED) is 0.675. The van der Waals surface area contributed by atoms with Crippen molar-refractivity contribution in [2.24, 2.45) is 0 Å². The Morgan fingerprint density at radius 2 is 1.68 bits per heavy atom. The predicted octanol–water partition coefficient (Wildman–Crippen LogP) is 3.38. The fraction of sp³-hybridized carbons (Fsp3) is 0.429. The SMILES string of the molecule is COc1ccc(OC)c([C@@H](O)C#C[Si](C)(C)C)c1Br. The maximum Gasteiger partial charge on any atom is 0.144 e. The van der Waals surface area contributed by atoms with Crippen molar-refractivity contribution in [3.63, 3.8) is 0 Å². The Morgan fingerprint density at radius 3 is 2.16 bits per heavy atom. The Balaban J connectivity index is 3.26. The molecular weight excluding hydrogens is 324 g/mol. The van der Waals surface area contributed by atoms with E-state index in [0.717, 1.165) is 0 Å². The lowest BCUT2D eigenvalue weighted by Crippen LogP contribution is -2.17. The highest BCUT2D eigenvalue weighted by Gasteiger charge is 2.19. The maximum absolute atomic E-state index is 10.3. The lowest BCUT2D eigenvalue weighted by molar-refractivity contribution is 0.230. The summed E-state index contributed by atoms with van der Waals surface area (Å²) in [6, 6.07) is 3.55. The van der Waals surface area contributed by atoms with Crippen LogP contribution in [0, 0.1) is 11.5 Å². The Hall–Kier alpha value is -0.963. The van der Waals surface area contributed by atoms with Crippen molar-refractivity contribution in [2.75, 3.05) is 14.2 Å². The van der Waals surface area contributed by atoms with Crippen LogP contribution in [0.4, 0.5) is 0 Å². The van der Waals surface area contributed by atoms with Crippen molar-refractivity contribution in [2.45, 2.75) is 25.7 Å². The molecule has 5 heteroatoms. The number of ether oxygens (including phenoxy) is 2. The van der Waals surface area contributed by atoms with Crippen molar-refractivity contribution in [1.82, 2.24) is 0 Å². The highest BCUT2D eigenvalue weighted by Crippen LogP contribution is 2.38. The first-order valence-electron chi connectivity index (χ1n) is 5.91. The lowest BCUT2D eigenvalue weighted by atomic mass is 10.1. The Morgan fingerprint density at radius 1 is 1.16 bits per heavy atom.